The van der Waals surface area contributed by atoms with Crippen LogP contribution in [0.5, 0.6) is 11.5 Å². The van der Waals surface area contributed by atoms with E-state index in [2.05, 4.69) is 16.3 Å². The fourth-order valence-corrected chi connectivity index (χ4v) is 4.69. The second kappa shape index (κ2) is 8.30. The van der Waals surface area contributed by atoms with Crippen LogP contribution >= 0.6 is 0 Å². The highest BCUT2D eigenvalue weighted by Crippen LogP contribution is 2.44. The average Bonchev–Trinajstić information content (AvgIpc) is 3.16. The lowest BCUT2D eigenvalue weighted by Gasteiger charge is -2.39. The third-order valence-electron chi connectivity index (χ3n) is 6.12. The van der Waals surface area contributed by atoms with E-state index in [0.717, 1.165) is 57.3 Å². The number of hydrogen-bond acceptors (Lipinski definition) is 4. The topological polar surface area (TPSA) is 50.8 Å². The summed E-state index contributed by atoms with van der Waals surface area (Å²) in [4.78, 5) is 15.8. The van der Waals surface area contributed by atoms with Crippen LogP contribution in [0.15, 0.2) is 18.2 Å². The molecule has 1 amide bonds. The van der Waals surface area contributed by atoms with E-state index in [1.54, 1.807) is 14.2 Å². The van der Waals surface area contributed by atoms with Crippen LogP contribution in [0, 0.1) is 5.92 Å². The number of hydrogen-bond donors (Lipinski definition) is 1. The summed E-state index contributed by atoms with van der Waals surface area (Å²) in [6, 6.07) is 6.01. The second-order valence-corrected chi connectivity index (χ2v) is 7.68. The van der Waals surface area contributed by atoms with Crippen molar-refractivity contribution >= 4 is 5.91 Å². The largest absolute Gasteiger partial charge is 0.493 e. The molecule has 3 rings (SSSR count). The Bertz CT molecular complexity index is 626. The third kappa shape index (κ3) is 3.54. The van der Waals surface area contributed by atoms with E-state index in [9.17, 15) is 4.79 Å². The first-order valence-corrected chi connectivity index (χ1v) is 9.81. The van der Waals surface area contributed by atoms with Gasteiger partial charge in [-0.2, -0.15) is 0 Å². The summed E-state index contributed by atoms with van der Waals surface area (Å²) in [5.74, 6) is 2.29. The van der Waals surface area contributed by atoms with Gasteiger partial charge in [-0.15, -0.1) is 0 Å². The fraction of sp³-hybridized carbons (Fsp3) is 0.667. The van der Waals surface area contributed by atoms with Crippen molar-refractivity contribution in [2.45, 2.75) is 43.9 Å². The summed E-state index contributed by atoms with van der Waals surface area (Å²) < 4.78 is 10.9. The minimum atomic E-state index is -0.410. The maximum Gasteiger partial charge on any atom is 0.233 e. The highest BCUT2D eigenvalue weighted by Gasteiger charge is 2.45. The van der Waals surface area contributed by atoms with Gasteiger partial charge in [-0.05, 0) is 56.5 Å². The molecule has 0 unspecified atom stereocenters. The van der Waals surface area contributed by atoms with Gasteiger partial charge in [0.2, 0.25) is 5.91 Å². The Hall–Kier alpha value is -1.75. The SMILES string of the molecule is CNC[C@H]1CCN(C(=O)C2(c3ccc(OC)c(OC)c3)CCCCC2)C1. The summed E-state index contributed by atoms with van der Waals surface area (Å²) in [6.07, 6.45) is 6.37. The summed E-state index contributed by atoms with van der Waals surface area (Å²) in [7, 11) is 5.28. The molecule has 1 aromatic rings. The molecule has 0 bridgehead atoms. The van der Waals surface area contributed by atoms with Gasteiger partial charge in [0.25, 0.3) is 0 Å². The molecule has 26 heavy (non-hydrogen) atoms. The van der Waals surface area contributed by atoms with Crippen molar-refractivity contribution in [3.8, 4) is 11.5 Å². The molecule has 0 aromatic heterocycles. The van der Waals surface area contributed by atoms with Crippen molar-refractivity contribution < 1.29 is 14.3 Å². The summed E-state index contributed by atoms with van der Waals surface area (Å²) in [6.45, 7) is 2.72. The van der Waals surface area contributed by atoms with Crippen molar-refractivity contribution in [3.63, 3.8) is 0 Å². The normalized spacial score (nSPS) is 22.3. The Morgan fingerprint density at radius 3 is 2.58 bits per heavy atom. The van der Waals surface area contributed by atoms with Crippen LogP contribution in [0.2, 0.25) is 0 Å². The van der Waals surface area contributed by atoms with Gasteiger partial charge in [-0.25, -0.2) is 0 Å². The van der Waals surface area contributed by atoms with Crippen molar-refractivity contribution in [1.82, 2.24) is 10.2 Å². The first kappa shape index (κ1) is 19.0. The molecule has 2 fully saturated rings. The number of ether oxygens (including phenoxy) is 2. The molecule has 0 spiro atoms. The van der Waals surface area contributed by atoms with E-state index in [1.807, 2.05) is 19.2 Å². The fourth-order valence-electron chi connectivity index (χ4n) is 4.69. The van der Waals surface area contributed by atoms with Crippen LogP contribution in [0.1, 0.15) is 44.1 Å². The maximum absolute atomic E-state index is 13.7. The van der Waals surface area contributed by atoms with Gasteiger partial charge in [0, 0.05) is 13.1 Å². The minimum Gasteiger partial charge on any atom is -0.493 e. The van der Waals surface area contributed by atoms with Crippen molar-refractivity contribution in [1.29, 1.82) is 0 Å². The molecule has 5 heteroatoms. The average molecular weight is 360 g/mol. The molecule has 1 atom stereocenters. The zero-order chi connectivity index (χ0) is 18.6. The van der Waals surface area contributed by atoms with Crippen molar-refractivity contribution in [2.24, 2.45) is 5.92 Å². The van der Waals surface area contributed by atoms with Crippen molar-refractivity contribution in [2.75, 3.05) is 40.9 Å². The Kier molecular flexibility index (Phi) is 6.07. The Labute approximate surface area is 157 Å². The molecule has 1 N–H and O–H groups in total. The molecule has 1 saturated heterocycles. The summed E-state index contributed by atoms with van der Waals surface area (Å²) >= 11 is 0. The number of nitrogens with zero attached hydrogens (tertiary/aromatic N) is 1. The zero-order valence-electron chi connectivity index (χ0n) is 16.3. The molecule has 1 aliphatic heterocycles. The lowest BCUT2D eigenvalue weighted by molar-refractivity contribution is -0.138. The number of benzene rings is 1. The number of likely N-dealkylation sites (tertiary alicyclic amines) is 1. The van der Waals surface area contributed by atoms with E-state index in [-0.39, 0.29) is 0 Å². The molecule has 0 radical (unpaired) electrons. The Morgan fingerprint density at radius 1 is 1.19 bits per heavy atom. The highest BCUT2D eigenvalue weighted by atomic mass is 16.5. The first-order valence-electron chi connectivity index (χ1n) is 9.81. The number of amides is 1. The Balaban J connectivity index is 1.91. The van der Waals surface area contributed by atoms with Crippen LogP contribution in [-0.4, -0.2) is 51.7 Å². The number of rotatable bonds is 6. The predicted molar refractivity (Wildman–Crippen MR) is 103 cm³/mol. The molecule has 144 valence electrons. The van der Waals surface area contributed by atoms with E-state index in [0.29, 0.717) is 23.3 Å². The van der Waals surface area contributed by atoms with E-state index >= 15 is 0 Å². The molecule has 1 saturated carbocycles. The lowest BCUT2D eigenvalue weighted by atomic mass is 9.68. The number of carbonyl (C=O) groups excluding carboxylic acids is 1. The molecule has 2 aliphatic rings. The standard InChI is InChI=1S/C21H32N2O3/c1-22-14-16-9-12-23(15-16)20(24)21(10-5-4-6-11-21)17-7-8-18(25-2)19(13-17)26-3/h7-8,13,16,22H,4-6,9-12,14-15H2,1-3H3/t16-/m1/s1. The quantitative estimate of drug-likeness (QED) is 0.847. The minimum absolute atomic E-state index is 0.308. The smallest absolute Gasteiger partial charge is 0.233 e. The highest BCUT2D eigenvalue weighted by molar-refractivity contribution is 5.89. The second-order valence-electron chi connectivity index (χ2n) is 7.68. The summed E-state index contributed by atoms with van der Waals surface area (Å²) in [5, 5.41) is 3.25. The van der Waals surface area contributed by atoms with Gasteiger partial charge in [0.1, 0.15) is 0 Å². The summed E-state index contributed by atoms with van der Waals surface area (Å²) in [5.41, 5.74) is 0.670. The van der Waals surface area contributed by atoms with Crippen LogP contribution < -0.4 is 14.8 Å². The van der Waals surface area contributed by atoms with Gasteiger partial charge >= 0.3 is 0 Å². The van der Waals surface area contributed by atoms with Crippen LogP contribution in [-0.2, 0) is 10.2 Å². The lowest BCUT2D eigenvalue weighted by Crippen LogP contribution is -2.47. The van der Waals surface area contributed by atoms with Gasteiger partial charge in [-0.1, -0.05) is 25.3 Å². The van der Waals surface area contributed by atoms with E-state index in [4.69, 9.17) is 9.47 Å². The van der Waals surface area contributed by atoms with Crippen molar-refractivity contribution in [3.05, 3.63) is 23.8 Å². The number of carbonyl (C=O) groups is 1. The molecule has 1 aromatic carbocycles. The Morgan fingerprint density at radius 2 is 1.92 bits per heavy atom. The molecule has 1 heterocycles. The molecule has 5 nitrogen and oxygen atoms in total. The zero-order valence-corrected chi connectivity index (χ0v) is 16.3. The van der Waals surface area contributed by atoms with Crippen LogP contribution in [0.4, 0.5) is 0 Å². The van der Waals surface area contributed by atoms with Gasteiger partial charge in [-0.3, -0.25) is 4.79 Å². The van der Waals surface area contributed by atoms with Gasteiger partial charge in [0.15, 0.2) is 11.5 Å². The van der Waals surface area contributed by atoms with Crippen LogP contribution in [0.25, 0.3) is 0 Å². The maximum atomic E-state index is 13.7. The monoisotopic (exact) mass is 360 g/mol. The van der Waals surface area contributed by atoms with Gasteiger partial charge in [0.05, 0.1) is 19.6 Å². The number of nitrogens with one attached hydrogen (secondary N) is 1. The van der Waals surface area contributed by atoms with E-state index in [1.165, 1.54) is 6.42 Å². The molecular weight excluding hydrogens is 328 g/mol. The number of methoxy groups -OCH3 is 2. The predicted octanol–water partition coefficient (Wildman–Crippen LogP) is 2.97. The third-order valence-corrected chi connectivity index (χ3v) is 6.12. The molecule has 1 aliphatic carbocycles. The van der Waals surface area contributed by atoms with Crippen LogP contribution in [0.3, 0.4) is 0 Å². The first-order chi connectivity index (χ1) is 12.6. The van der Waals surface area contributed by atoms with E-state index < -0.39 is 5.41 Å². The molecular formula is C21H32N2O3. The van der Waals surface area contributed by atoms with Gasteiger partial charge < -0.3 is 19.7 Å².